The number of esters is 1. The fraction of sp³-hybridized carbons (Fsp3) is 0.429. The number of benzene rings is 1. The van der Waals surface area contributed by atoms with E-state index in [0.717, 1.165) is 0 Å². The van der Waals surface area contributed by atoms with Crippen molar-refractivity contribution in [3.05, 3.63) is 33.8 Å². The zero-order valence-electron chi connectivity index (χ0n) is 11.2. The summed E-state index contributed by atoms with van der Waals surface area (Å²) in [5, 5.41) is 3.42. The monoisotopic (exact) mass is 315 g/mol. The Labute approximate surface area is 127 Å². The number of halogens is 2. The normalized spacial score (nSPS) is 25.4. The molecule has 4 nitrogen and oxygen atoms in total. The number of carbonyl (C=O) groups excluding carboxylic acids is 2. The molecule has 1 heterocycles. The van der Waals surface area contributed by atoms with Gasteiger partial charge in [0, 0.05) is 11.8 Å². The molecule has 108 valence electrons. The van der Waals surface area contributed by atoms with E-state index in [-0.39, 0.29) is 18.9 Å². The van der Waals surface area contributed by atoms with Crippen LogP contribution < -0.4 is 5.32 Å². The molecule has 20 heavy (non-hydrogen) atoms. The van der Waals surface area contributed by atoms with Crippen LogP contribution in [0.4, 0.5) is 0 Å². The number of carbonyl (C=O) groups is 2. The minimum atomic E-state index is -0.772. The number of amides is 1. The van der Waals surface area contributed by atoms with E-state index in [4.69, 9.17) is 27.9 Å². The van der Waals surface area contributed by atoms with Crippen molar-refractivity contribution in [1.82, 2.24) is 5.32 Å². The Morgan fingerprint density at radius 3 is 2.85 bits per heavy atom. The molecule has 1 saturated heterocycles. The van der Waals surface area contributed by atoms with Crippen molar-refractivity contribution in [3.8, 4) is 0 Å². The Hall–Kier alpha value is -1.26. The molecule has 1 amide bonds. The molecule has 0 aromatic heterocycles. The molecule has 2 unspecified atom stereocenters. The quantitative estimate of drug-likeness (QED) is 0.872. The highest BCUT2D eigenvalue weighted by molar-refractivity contribution is 6.42. The lowest BCUT2D eigenvalue weighted by Gasteiger charge is -2.30. The summed E-state index contributed by atoms with van der Waals surface area (Å²) in [6, 6.07) is 4.44. The van der Waals surface area contributed by atoms with Gasteiger partial charge >= 0.3 is 5.97 Å². The van der Waals surface area contributed by atoms with Crippen LogP contribution in [-0.4, -0.2) is 24.5 Å². The van der Waals surface area contributed by atoms with Crippen LogP contribution >= 0.6 is 23.2 Å². The molecule has 0 radical (unpaired) electrons. The van der Waals surface area contributed by atoms with Gasteiger partial charge in [0.15, 0.2) is 0 Å². The van der Waals surface area contributed by atoms with E-state index >= 15 is 0 Å². The smallest absolute Gasteiger partial charge is 0.329 e. The molecule has 1 aromatic rings. The summed E-state index contributed by atoms with van der Waals surface area (Å²) >= 11 is 12.3. The Morgan fingerprint density at radius 2 is 2.20 bits per heavy atom. The van der Waals surface area contributed by atoms with Gasteiger partial charge in [-0.15, -0.1) is 0 Å². The van der Waals surface area contributed by atoms with Gasteiger partial charge in [-0.3, -0.25) is 4.79 Å². The molecule has 1 fully saturated rings. The molecule has 1 N–H and O–H groups in total. The van der Waals surface area contributed by atoms with E-state index in [2.05, 4.69) is 5.32 Å². The van der Waals surface area contributed by atoms with Crippen molar-refractivity contribution in [2.45, 2.75) is 31.7 Å². The zero-order chi connectivity index (χ0) is 14.9. The van der Waals surface area contributed by atoms with E-state index in [9.17, 15) is 9.59 Å². The summed E-state index contributed by atoms with van der Waals surface area (Å²) < 4.78 is 5.03. The molecular weight excluding hydrogens is 301 g/mol. The van der Waals surface area contributed by atoms with Crippen molar-refractivity contribution in [3.63, 3.8) is 0 Å². The predicted octanol–water partition coefficient (Wildman–Crippen LogP) is 2.70. The van der Waals surface area contributed by atoms with Crippen LogP contribution in [0.15, 0.2) is 18.2 Å². The van der Waals surface area contributed by atoms with Crippen LogP contribution in [0.3, 0.4) is 0 Å². The Morgan fingerprint density at radius 1 is 1.50 bits per heavy atom. The van der Waals surface area contributed by atoms with E-state index in [1.54, 1.807) is 25.1 Å². The van der Waals surface area contributed by atoms with Crippen molar-refractivity contribution < 1.29 is 14.3 Å². The van der Waals surface area contributed by atoms with Crippen LogP contribution in [0.2, 0.25) is 10.0 Å². The number of rotatable bonds is 3. The highest BCUT2D eigenvalue weighted by Gasteiger charge is 2.50. The maximum absolute atomic E-state index is 12.1. The molecule has 1 aliphatic heterocycles. The minimum absolute atomic E-state index is 0.163. The summed E-state index contributed by atoms with van der Waals surface area (Å²) in [5.41, 5.74) is -0.103. The molecule has 6 heteroatoms. The van der Waals surface area contributed by atoms with E-state index in [0.29, 0.717) is 15.6 Å². The molecule has 0 aliphatic carbocycles. The minimum Gasteiger partial charge on any atom is -0.464 e. The molecule has 0 spiro atoms. The third kappa shape index (κ3) is 2.50. The van der Waals surface area contributed by atoms with E-state index in [1.165, 1.54) is 0 Å². The second kappa shape index (κ2) is 5.62. The van der Waals surface area contributed by atoms with Crippen molar-refractivity contribution in [2.75, 3.05) is 6.61 Å². The van der Waals surface area contributed by atoms with Crippen LogP contribution in [-0.2, 0) is 19.7 Å². The highest BCUT2D eigenvalue weighted by Crippen LogP contribution is 2.42. The van der Waals surface area contributed by atoms with Crippen molar-refractivity contribution in [2.24, 2.45) is 0 Å². The second-order valence-corrected chi connectivity index (χ2v) is 5.73. The zero-order valence-corrected chi connectivity index (χ0v) is 12.7. The lowest BCUT2D eigenvalue weighted by atomic mass is 9.76. The van der Waals surface area contributed by atoms with Crippen molar-refractivity contribution in [1.29, 1.82) is 0 Å². The summed E-state index contributed by atoms with van der Waals surface area (Å²) in [6.07, 6.45) is 0.163. The lowest BCUT2D eigenvalue weighted by molar-refractivity contribution is -0.147. The number of nitrogens with one attached hydrogen (secondary N) is 1. The van der Waals surface area contributed by atoms with Gasteiger partial charge in [0.2, 0.25) is 5.91 Å². The molecular formula is C14H15Cl2NO3. The van der Waals surface area contributed by atoms with Gasteiger partial charge in [0.05, 0.1) is 16.7 Å². The summed E-state index contributed by atoms with van der Waals surface area (Å²) in [4.78, 5) is 23.8. The Bertz CT molecular complexity index is 561. The molecule has 0 saturated carbocycles. The first-order valence-electron chi connectivity index (χ1n) is 6.30. The van der Waals surface area contributed by atoms with Gasteiger partial charge in [-0.05, 0) is 18.6 Å². The SMILES string of the molecule is CCOC(=O)C1NC(=O)CC1(C)c1cccc(Cl)c1Cl. The first-order chi connectivity index (χ1) is 9.40. The summed E-state index contributed by atoms with van der Waals surface area (Å²) in [6.45, 7) is 3.78. The van der Waals surface area contributed by atoms with Gasteiger partial charge in [0.1, 0.15) is 6.04 Å². The Balaban J connectivity index is 2.47. The fourth-order valence-corrected chi connectivity index (χ4v) is 3.06. The van der Waals surface area contributed by atoms with Crippen LogP contribution in [0, 0.1) is 0 Å². The average Bonchev–Trinajstić information content (AvgIpc) is 2.69. The maximum atomic E-state index is 12.1. The highest BCUT2D eigenvalue weighted by atomic mass is 35.5. The van der Waals surface area contributed by atoms with Crippen molar-refractivity contribution >= 4 is 35.1 Å². The van der Waals surface area contributed by atoms with Gasteiger partial charge in [-0.2, -0.15) is 0 Å². The fourth-order valence-electron chi connectivity index (χ4n) is 2.55. The third-order valence-electron chi connectivity index (χ3n) is 3.56. The molecule has 1 aromatic carbocycles. The number of hydrogen-bond acceptors (Lipinski definition) is 3. The second-order valence-electron chi connectivity index (χ2n) is 4.95. The number of hydrogen-bond donors (Lipinski definition) is 1. The van der Waals surface area contributed by atoms with E-state index < -0.39 is 17.4 Å². The molecule has 1 aliphatic rings. The van der Waals surface area contributed by atoms with Crippen LogP contribution in [0.25, 0.3) is 0 Å². The lowest BCUT2D eigenvalue weighted by Crippen LogP contribution is -2.46. The van der Waals surface area contributed by atoms with Gasteiger partial charge in [0.25, 0.3) is 0 Å². The van der Waals surface area contributed by atoms with Gasteiger partial charge < -0.3 is 10.1 Å². The third-order valence-corrected chi connectivity index (χ3v) is 4.38. The first kappa shape index (κ1) is 15.1. The predicted molar refractivity (Wildman–Crippen MR) is 77.0 cm³/mol. The van der Waals surface area contributed by atoms with E-state index in [1.807, 2.05) is 6.92 Å². The molecule has 2 rings (SSSR count). The van der Waals surface area contributed by atoms with Gasteiger partial charge in [-0.25, -0.2) is 4.79 Å². The standard InChI is InChI=1S/C14H15Cl2NO3/c1-3-20-13(19)12-14(2,7-10(18)17-12)8-5-4-6-9(15)11(8)16/h4-6,12H,3,7H2,1-2H3,(H,17,18). The topological polar surface area (TPSA) is 55.4 Å². The summed E-state index contributed by atoms with van der Waals surface area (Å²) in [5.74, 6) is -0.668. The van der Waals surface area contributed by atoms with Crippen LogP contribution in [0.5, 0.6) is 0 Å². The Kier molecular flexibility index (Phi) is 4.25. The first-order valence-corrected chi connectivity index (χ1v) is 7.06. The average molecular weight is 316 g/mol. The molecule has 2 atom stereocenters. The largest absolute Gasteiger partial charge is 0.464 e. The maximum Gasteiger partial charge on any atom is 0.329 e. The molecule has 0 bridgehead atoms. The summed E-state index contributed by atoms with van der Waals surface area (Å²) in [7, 11) is 0. The number of ether oxygens (including phenoxy) is 1. The van der Waals surface area contributed by atoms with Gasteiger partial charge in [-0.1, -0.05) is 42.3 Å². The van der Waals surface area contributed by atoms with Crippen LogP contribution in [0.1, 0.15) is 25.8 Å².